The standard InChI is InChI=1S/C10H8Cl2N4/c11-8-4-9(12)16-10(15-8)14-6-7-2-1-3-13-5-7/h1-5H,6H2,(H,14,15,16). The highest BCUT2D eigenvalue weighted by atomic mass is 35.5. The third-order valence-corrected chi connectivity index (χ3v) is 2.22. The number of rotatable bonds is 3. The van der Waals surface area contributed by atoms with Crippen LogP contribution >= 0.6 is 23.2 Å². The van der Waals surface area contributed by atoms with Crippen LogP contribution in [0.2, 0.25) is 10.3 Å². The molecule has 0 unspecified atom stereocenters. The summed E-state index contributed by atoms with van der Waals surface area (Å²) < 4.78 is 0. The third-order valence-electron chi connectivity index (χ3n) is 1.84. The first-order chi connectivity index (χ1) is 7.74. The van der Waals surface area contributed by atoms with Crippen LogP contribution in [0.25, 0.3) is 0 Å². The minimum absolute atomic E-state index is 0.314. The molecule has 0 aromatic carbocycles. The van der Waals surface area contributed by atoms with E-state index < -0.39 is 0 Å². The van der Waals surface area contributed by atoms with Crippen molar-refractivity contribution in [2.45, 2.75) is 6.54 Å². The first kappa shape index (κ1) is 11.1. The van der Waals surface area contributed by atoms with E-state index in [9.17, 15) is 0 Å². The summed E-state index contributed by atoms with van der Waals surface area (Å²) in [6.45, 7) is 0.574. The van der Waals surface area contributed by atoms with E-state index in [0.29, 0.717) is 22.8 Å². The SMILES string of the molecule is Clc1cc(Cl)nc(NCc2cccnc2)n1. The summed E-state index contributed by atoms with van der Waals surface area (Å²) in [6, 6.07) is 5.30. The predicted octanol–water partition coefficient (Wildman–Crippen LogP) is 2.79. The van der Waals surface area contributed by atoms with Crippen LogP contribution in [-0.2, 0) is 6.54 Å². The van der Waals surface area contributed by atoms with Gasteiger partial charge in [0.2, 0.25) is 5.95 Å². The van der Waals surface area contributed by atoms with Gasteiger partial charge in [-0.2, -0.15) is 0 Å². The van der Waals surface area contributed by atoms with Gasteiger partial charge in [0, 0.05) is 25.0 Å². The van der Waals surface area contributed by atoms with Gasteiger partial charge in [0.05, 0.1) is 0 Å². The number of hydrogen-bond acceptors (Lipinski definition) is 4. The van der Waals surface area contributed by atoms with E-state index >= 15 is 0 Å². The molecule has 0 aliphatic heterocycles. The molecule has 2 rings (SSSR count). The summed E-state index contributed by atoms with van der Waals surface area (Å²) in [5.74, 6) is 0.404. The molecule has 16 heavy (non-hydrogen) atoms. The summed E-state index contributed by atoms with van der Waals surface area (Å²) in [6.07, 6.45) is 3.48. The van der Waals surface area contributed by atoms with Crippen molar-refractivity contribution >= 4 is 29.2 Å². The van der Waals surface area contributed by atoms with Gasteiger partial charge in [-0.05, 0) is 11.6 Å². The van der Waals surface area contributed by atoms with Crippen molar-refractivity contribution in [3.63, 3.8) is 0 Å². The maximum atomic E-state index is 5.74. The Labute approximate surface area is 103 Å². The zero-order chi connectivity index (χ0) is 11.4. The summed E-state index contributed by atoms with van der Waals surface area (Å²) in [5, 5.41) is 3.64. The third kappa shape index (κ3) is 3.05. The van der Waals surface area contributed by atoms with Gasteiger partial charge in [0.15, 0.2) is 0 Å². The minimum atomic E-state index is 0.314. The summed E-state index contributed by atoms with van der Waals surface area (Å²) in [7, 11) is 0. The van der Waals surface area contributed by atoms with Gasteiger partial charge in [-0.1, -0.05) is 29.3 Å². The molecule has 0 aliphatic rings. The van der Waals surface area contributed by atoms with E-state index in [4.69, 9.17) is 23.2 Å². The smallest absolute Gasteiger partial charge is 0.225 e. The molecule has 0 bridgehead atoms. The van der Waals surface area contributed by atoms with Crippen molar-refractivity contribution in [1.29, 1.82) is 0 Å². The molecule has 6 heteroatoms. The number of nitrogens with zero attached hydrogens (tertiary/aromatic N) is 3. The molecule has 0 atom stereocenters. The van der Waals surface area contributed by atoms with E-state index in [1.165, 1.54) is 6.07 Å². The highest BCUT2D eigenvalue weighted by molar-refractivity contribution is 6.33. The lowest BCUT2D eigenvalue weighted by Crippen LogP contribution is -2.03. The van der Waals surface area contributed by atoms with Crippen molar-refractivity contribution in [2.75, 3.05) is 5.32 Å². The molecule has 82 valence electrons. The van der Waals surface area contributed by atoms with Gasteiger partial charge in [0.1, 0.15) is 10.3 Å². The molecule has 0 amide bonds. The zero-order valence-corrected chi connectivity index (χ0v) is 9.70. The van der Waals surface area contributed by atoms with Gasteiger partial charge < -0.3 is 5.32 Å². The molecular weight excluding hydrogens is 247 g/mol. The lowest BCUT2D eigenvalue weighted by molar-refractivity contribution is 1.04. The Morgan fingerprint density at radius 2 is 1.94 bits per heavy atom. The topological polar surface area (TPSA) is 50.7 Å². The Morgan fingerprint density at radius 3 is 2.56 bits per heavy atom. The Kier molecular flexibility index (Phi) is 3.54. The molecule has 0 saturated carbocycles. The van der Waals surface area contributed by atoms with Crippen LogP contribution in [0.4, 0.5) is 5.95 Å². The fraction of sp³-hybridized carbons (Fsp3) is 0.100. The number of halogens is 2. The van der Waals surface area contributed by atoms with Crippen molar-refractivity contribution in [3.05, 3.63) is 46.5 Å². The Bertz CT molecular complexity index is 455. The summed E-state index contributed by atoms with van der Waals surface area (Å²) >= 11 is 11.5. The molecule has 0 saturated heterocycles. The molecule has 2 heterocycles. The van der Waals surface area contributed by atoms with Crippen LogP contribution in [0.5, 0.6) is 0 Å². The van der Waals surface area contributed by atoms with Gasteiger partial charge in [-0.15, -0.1) is 0 Å². The van der Waals surface area contributed by atoms with Gasteiger partial charge in [-0.25, -0.2) is 9.97 Å². The van der Waals surface area contributed by atoms with E-state index in [-0.39, 0.29) is 0 Å². The van der Waals surface area contributed by atoms with Gasteiger partial charge in [0.25, 0.3) is 0 Å². The van der Waals surface area contributed by atoms with Crippen LogP contribution in [-0.4, -0.2) is 15.0 Å². The molecule has 4 nitrogen and oxygen atoms in total. The quantitative estimate of drug-likeness (QED) is 0.857. The highest BCUT2D eigenvalue weighted by Gasteiger charge is 2.01. The number of hydrogen-bond donors (Lipinski definition) is 1. The molecule has 1 N–H and O–H groups in total. The first-order valence-electron chi connectivity index (χ1n) is 4.57. The first-order valence-corrected chi connectivity index (χ1v) is 5.32. The van der Waals surface area contributed by atoms with Crippen LogP contribution < -0.4 is 5.32 Å². The minimum Gasteiger partial charge on any atom is -0.350 e. The summed E-state index contributed by atoms with van der Waals surface area (Å²) in [5.41, 5.74) is 1.03. The average Bonchev–Trinajstić information content (AvgIpc) is 2.27. The number of nitrogens with one attached hydrogen (secondary N) is 1. The lowest BCUT2D eigenvalue weighted by atomic mass is 10.3. The summed E-state index contributed by atoms with van der Waals surface area (Å²) in [4.78, 5) is 12.0. The normalized spacial score (nSPS) is 10.1. The molecular formula is C10H8Cl2N4. The fourth-order valence-corrected chi connectivity index (χ4v) is 1.58. The fourth-order valence-electron chi connectivity index (χ4n) is 1.15. The lowest BCUT2D eigenvalue weighted by Gasteiger charge is -2.04. The van der Waals surface area contributed by atoms with Crippen molar-refractivity contribution in [3.8, 4) is 0 Å². The maximum absolute atomic E-state index is 5.74. The molecule has 0 radical (unpaired) electrons. The van der Waals surface area contributed by atoms with Crippen LogP contribution in [0, 0.1) is 0 Å². The molecule has 0 fully saturated rings. The number of anilines is 1. The Balaban J connectivity index is 2.05. The maximum Gasteiger partial charge on any atom is 0.225 e. The monoisotopic (exact) mass is 254 g/mol. The second kappa shape index (κ2) is 5.09. The van der Waals surface area contributed by atoms with Crippen molar-refractivity contribution in [1.82, 2.24) is 15.0 Å². The van der Waals surface area contributed by atoms with E-state index in [2.05, 4.69) is 20.3 Å². The number of aromatic nitrogens is 3. The van der Waals surface area contributed by atoms with Crippen molar-refractivity contribution in [2.24, 2.45) is 0 Å². The second-order valence-electron chi connectivity index (χ2n) is 3.05. The predicted molar refractivity (Wildman–Crippen MR) is 63.6 cm³/mol. The molecule has 2 aromatic heterocycles. The average molecular weight is 255 g/mol. The van der Waals surface area contributed by atoms with Gasteiger partial charge >= 0.3 is 0 Å². The van der Waals surface area contributed by atoms with E-state index in [1.54, 1.807) is 12.4 Å². The molecule has 0 spiro atoms. The van der Waals surface area contributed by atoms with Crippen LogP contribution in [0.1, 0.15) is 5.56 Å². The zero-order valence-electron chi connectivity index (χ0n) is 8.19. The molecule has 2 aromatic rings. The van der Waals surface area contributed by atoms with Crippen LogP contribution in [0.3, 0.4) is 0 Å². The Morgan fingerprint density at radius 1 is 1.19 bits per heavy atom. The van der Waals surface area contributed by atoms with Gasteiger partial charge in [-0.3, -0.25) is 4.98 Å². The largest absolute Gasteiger partial charge is 0.350 e. The van der Waals surface area contributed by atoms with Crippen LogP contribution in [0.15, 0.2) is 30.6 Å². The number of pyridine rings is 1. The highest BCUT2D eigenvalue weighted by Crippen LogP contribution is 2.14. The van der Waals surface area contributed by atoms with Crippen molar-refractivity contribution < 1.29 is 0 Å². The Hall–Kier alpha value is -1.39. The van der Waals surface area contributed by atoms with E-state index in [0.717, 1.165) is 5.56 Å². The second-order valence-corrected chi connectivity index (χ2v) is 3.83. The molecule has 0 aliphatic carbocycles. The van der Waals surface area contributed by atoms with E-state index in [1.807, 2.05) is 12.1 Å².